The van der Waals surface area contributed by atoms with Gasteiger partial charge in [0.25, 0.3) is 0 Å². The molecule has 0 radical (unpaired) electrons. The average Bonchev–Trinajstić information content (AvgIpc) is 2.54. The zero-order chi connectivity index (χ0) is 16.4. The fourth-order valence-electron chi connectivity index (χ4n) is 2.46. The molecule has 2 nitrogen and oxygen atoms in total. The van der Waals surface area contributed by atoms with Crippen LogP contribution in [0.4, 0.5) is 13.2 Å². The Balaban J connectivity index is 1.84. The third-order valence-electron chi connectivity index (χ3n) is 3.66. The predicted octanol–water partition coefficient (Wildman–Crippen LogP) is 4.53. The van der Waals surface area contributed by atoms with E-state index in [4.69, 9.17) is 0 Å². The Morgan fingerprint density at radius 2 is 1.74 bits per heavy atom. The maximum Gasteiger partial charge on any atom is 0.416 e. The van der Waals surface area contributed by atoms with Crippen LogP contribution in [0.1, 0.15) is 22.9 Å². The first-order valence-electron chi connectivity index (χ1n) is 7.13. The van der Waals surface area contributed by atoms with Crippen molar-refractivity contribution in [1.82, 2.24) is 4.98 Å². The van der Waals surface area contributed by atoms with Gasteiger partial charge in [0.1, 0.15) is 0 Å². The van der Waals surface area contributed by atoms with Crippen LogP contribution in [-0.4, -0.2) is 10.1 Å². The van der Waals surface area contributed by atoms with Gasteiger partial charge in [0, 0.05) is 17.5 Å². The van der Waals surface area contributed by atoms with E-state index in [0.29, 0.717) is 5.69 Å². The van der Waals surface area contributed by atoms with Gasteiger partial charge >= 0.3 is 6.18 Å². The molecule has 1 N–H and O–H groups in total. The first-order chi connectivity index (χ1) is 10.9. The zero-order valence-electron chi connectivity index (χ0n) is 12.1. The van der Waals surface area contributed by atoms with Gasteiger partial charge in [0.05, 0.1) is 17.2 Å². The summed E-state index contributed by atoms with van der Waals surface area (Å²) >= 11 is 0. The number of aliphatic hydroxyl groups is 1. The van der Waals surface area contributed by atoms with Crippen LogP contribution in [-0.2, 0) is 12.6 Å². The predicted molar refractivity (Wildman–Crippen MR) is 81.9 cm³/mol. The highest BCUT2D eigenvalue weighted by atomic mass is 19.4. The van der Waals surface area contributed by atoms with Gasteiger partial charge in [-0.25, -0.2) is 0 Å². The van der Waals surface area contributed by atoms with Crippen molar-refractivity contribution in [3.8, 4) is 0 Å². The van der Waals surface area contributed by atoms with Gasteiger partial charge in [0.2, 0.25) is 0 Å². The summed E-state index contributed by atoms with van der Waals surface area (Å²) < 4.78 is 38.2. The molecule has 0 fully saturated rings. The summed E-state index contributed by atoms with van der Waals surface area (Å²) in [5, 5.41) is 11.2. The molecule has 5 heteroatoms. The first kappa shape index (κ1) is 15.5. The molecular formula is C18H14F3NO. The van der Waals surface area contributed by atoms with Crippen molar-refractivity contribution < 1.29 is 18.3 Å². The standard InChI is InChI=1S/C18H14F3NO/c19-18(20,21)14-6-3-5-13(10-14)17(23)11-15-9-8-12-4-1-2-7-16(12)22-15/h1-10,17,23H,11H2/t17-/m1/s1. The summed E-state index contributed by atoms with van der Waals surface area (Å²) in [5.74, 6) is 0. The smallest absolute Gasteiger partial charge is 0.388 e. The maximum absolute atomic E-state index is 12.7. The fraction of sp³-hybridized carbons (Fsp3) is 0.167. The van der Waals surface area contributed by atoms with E-state index in [1.165, 1.54) is 12.1 Å². The number of halogens is 3. The molecule has 0 amide bonds. The van der Waals surface area contributed by atoms with Crippen molar-refractivity contribution in [2.45, 2.75) is 18.7 Å². The van der Waals surface area contributed by atoms with E-state index in [0.717, 1.165) is 23.0 Å². The highest BCUT2D eigenvalue weighted by Crippen LogP contribution is 2.31. The Bertz CT molecular complexity index is 830. The van der Waals surface area contributed by atoms with Crippen molar-refractivity contribution in [2.75, 3.05) is 0 Å². The summed E-state index contributed by atoms with van der Waals surface area (Å²) in [6.45, 7) is 0. The summed E-state index contributed by atoms with van der Waals surface area (Å²) in [6.07, 6.45) is -5.30. The number of aromatic nitrogens is 1. The fourth-order valence-corrected chi connectivity index (χ4v) is 2.46. The minimum Gasteiger partial charge on any atom is -0.388 e. The second kappa shape index (κ2) is 6.01. The van der Waals surface area contributed by atoms with Gasteiger partial charge in [-0.2, -0.15) is 13.2 Å². The third-order valence-corrected chi connectivity index (χ3v) is 3.66. The molecule has 3 rings (SSSR count). The molecule has 0 aliphatic carbocycles. The Labute approximate surface area is 131 Å². The molecule has 0 aliphatic heterocycles. The third kappa shape index (κ3) is 3.51. The first-order valence-corrected chi connectivity index (χ1v) is 7.13. The molecule has 2 aromatic carbocycles. The number of aliphatic hydroxyl groups excluding tert-OH is 1. The van der Waals surface area contributed by atoms with Crippen molar-refractivity contribution in [3.63, 3.8) is 0 Å². The molecule has 0 spiro atoms. The van der Waals surface area contributed by atoms with Crippen LogP contribution in [0.25, 0.3) is 10.9 Å². The molecule has 118 valence electrons. The molecule has 1 atom stereocenters. The molecule has 0 aliphatic rings. The monoisotopic (exact) mass is 317 g/mol. The van der Waals surface area contributed by atoms with E-state index in [1.807, 2.05) is 30.3 Å². The SMILES string of the molecule is O[C@H](Cc1ccc2ccccc2n1)c1cccc(C(F)(F)F)c1. The van der Waals surface area contributed by atoms with Crippen molar-refractivity contribution in [1.29, 1.82) is 0 Å². The Morgan fingerprint density at radius 1 is 0.957 bits per heavy atom. The lowest BCUT2D eigenvalue weighted by Crippen LogP contribution is -2.08. The van der Waals surface area contributed by atoms with E-state index >= 15 is 0 Å². The van der Waals surface area contributed by atoms with Crippen LogP contribution in [0.5, 0.6) is 0 Å². The number of nitrogens with zero attached hydrogens (tertiary/aromatic N) is 1. The molecule has 0 saturated carbocycles. The summed E-state index contributed by atoms with van der Waals surface area (Å²) in [7, 11) is 0. The molecule has 1 aromatic heterocycles. The molecule has 3 aromatic rings. The van der Waals surface area contributed by atoms with Crippen molar-refractivity contribution in [2.24, 2.45) is 0 Å². The van der Waals surface area contributed by atoms with E-state index in [2.05, 4.69) is 4.98 Å². The van der Waals surface area contributed by atoms with Gasteiger partial charge in [-0.3, -0.25) is 4.98 Å². The lowest BCUT2D eigenvalue weighted by Gasteiger charge is -2.13. The Kier molecular flexibility index (Phi) is 4.05. The van der Waals surface area contributed by atoms with Gasteiger partial charge < -0.3 is 5.11 Å². The Hall–Kier alpha value is -2.40. The van der Waals surface area contributed by atoms with Crippen LogP contribution in [0, 0.1) is 0 Å². The Morgan fingerprint density at radius 3 is 2.52 bits per heavy atom. The summed E-state index contributed by atoms with van der Waals surface area (Å²) in [6, 6.07) is 16.0. The number of rotatable bonds is 3. The zero-order valence-corrected chi connectivity index (χ0v) is 12.1. The van der Waals surface area contributed by atoms with Crippen molar-refractivity contribution in [3.05, 3.63) is 77.5 Å². The number of fused-ring (bicyclic) bond motifs is 1. The summed E-state index contributed by atoms with van der Waals surface area (Å²) in [4.78, 5) is 4.43. The number of hydrogen-bond donors (Lipinski definition) is 1. The lowest BCUT2D eigenvalue weighted by molar-refractivity contribution is -0.137. The van der Waals surface area contributed by atoms with Crippen LogP contribution in [0.3, 0.4) is 0 Å². The normalized spacial score (nSPS) is 13.2. The molecule has 23 heavy (non-hydrogen) atoms. The van der Waals surface area contributed by atoms with Gasteiger partial charge in [-0.15, -0.1) is 0 Å². The number of benzene rings is 2. The van der Waals surface area contributed by atoms with E-state index < -0.39 is 17.8 Å². The molecule has 0 saturated heterocycles. The molecule has 1 heterocycles. The minimum atomic E-state index is -4.42. The van der Waals surface area contributed by atoms with E-state index in [1.54, 1.807) is 6.07 Å². The van der Waals surface area contributed by atoms with Crippen molar-refractivity contribution >= 4 is 10.9 Å². The highest BCUT2D eigenvalue weighted by Gasteiger charge is 2.30. The van der Waals surface area contributed by atoms with Crippen LogP contribution in [0.15, 0.2) is 60.7 Å². The van der Waals surface area contributed by atoms with E-state index in [-0.39, 0.29) is 12.0 Å². The molecule has 0 unspecified atom stereocenters. The highest BCUT2D eigenvalue weighted by molar-refractivity contribution is 5.78. The summed E-state index contributed by atoms with van der Waals surface area (Å²) in [5.41, 5.74) is 0.894. The quantitative estimate of drug-likeness (QED) is 0.770. The second-order valence-electron chi connectivity index (χ2n) is 5.34. The number of hydrogen-bond acceptors (Lipinski definition) is 2. The largest absolute Gasteiger partial charge is 0.416 e. The van der Waals surface area contributed by atoms with Crippen LogP contribution < -0.4 is 0 Å². The number of para-hydroxylation sites is 1. The van der Waals surface area contributed by atoms with Gasteiger partial charge in [0.15, 0.2) is 0 Å². The van der Waals surface area contributed by atoms with Gasteiger partial charge in [-0.05, 0) is 29.8 Å². The van der Waals surface area contributed by atoms with Gasteiger partial charge in [-0.1, -0.05) is 36.4 Å². The number of pyridine rings is 1. The van der Waals surface area contributed by atoms with Crippen LogP contribution in [0.2, 0.25) is 0 Å². The molecule has 0 bridgehead atoms. The maximum atomic E-state index is 12.7. The second-order valence-corrected chi connectivity index (χ2v) is 5.34. The molecular weight excluding hydrogens is 303 g/mol. The van der Waals surface area contributed by atoms with E-state index in [9.17, 15) is 18.3 Å². The minimum absolute atomic E-state index is 0.159. The topological polar surface area (TPSA) is 33.1 Å². The average molecular weight is 317 g/mol. The van der Waals surface area contributed by atoms with Crippen LogP contribution >= 0.6 is 0 Å². The number of alkyl halides is 3. The lowest BCUT2D eigenvalue weighted by atomic mass is 10.0.